The summed E-state index contributed by atoms with van der Waals surface area (Å²) in [6.45, 7) is 5.37. The molecule has 0 aromatic rings. The van der Waals surface area contributed by atoms with Crippen molar-refractivity contribution in [3.05, 3.63) is 0 Å². The average Bonchev–Trinajstić information content (AvgIpc) is 2.16. The quantitative estimate of drug-likeness (QED) is 0.768. The molecule has 1 aliphatic heterocycles. The first-order valence-electron chi connectivity index (χ1n) is 6.70. The Kier molecular flexibility index (Phi) is 3.53. The van der Waals surface area contributed by atoms with Crippen molar-refractivity contribution in [3.63, 3.8) is 0 Å². The second-order valence-corrected chi connectivity index (χ2v) is 5.54. The van der Waals surface area contributed by atoms with E-state index in [9.17, 15) is 4.79 Å². The van der Waals surface area contributed by atoms with Gasteiger partial charge in [-0.3, -0.25) is 4.79 Å². The van der Waals surface area contributed by atoms with E-state index in [4.69, 9.17) is 0 Å². The minimum absolute atomic E-state index is 0.00584. The van der Waals surface area contributed by atoms with Crippen LogP contribution in [0.3, 0.4) is 0 Å². The van der Waals surface area contributed by atoms with Crippen LogP contribution in [0.25, 0.3) is 0 Å². The maximum Gasteiger partial charge on any atom is 0.226 e. The van der Waals surface area contributed by atoms with Gasteiger partial charge in [0.25, 0.3) is 0 Å². The van der Waals surface area contributed by atoms with E-state index < -0.39 is 0 Å². The van der Waals surface area contributed by atoms with Gasteiger partial charge in [-0.2, -0.15) is 0 Å². The lowest BCUT2D eigenvalue weighted by molar-refractivity contribution is -0.137. The van der Waals surface area contributed by atoms with Crippen LogP contribution in [0.5, 0.6) is 0 Å². The van der Waals surface area contributed by atoms with Crippen molar-refractivity contribution in [3.8, 4) is 0 Å². The van der Waals surface area contributed by atoms with Gasteiger partial charge in [0.15, 0.2) is 0 Å². The summed E-state index contributed by atoms with van der Waals surface area (Å²) in [7, 11) is 0. The van der Waals surface area contributed by atoms with Crippen LogP contribution in [0.4, 0.5) is 0 Å². The zero-order valence-corrected chi connectivity index (χ0v) is 10.5. The molecule has 16 heavy (non-hydrogen) atoms. The molecule has 1 heterocycles. The molecule has 2 atom stereocenters. The van der Waals surface area contributed by atoms with E-state index in [1.54, 1.807) is 0 Å². The molecule has 3 nitrogen and oxygen atoms in total. The van der Waals surface area contributed by atoms with Gasteiger partial charge >= 0.3 is 0 Å². The van der Waals surface area contributed by atoms with E-state index in [2.05, 4.69) is 24.5 Å². The third-order valence-electron chi connectivity index (χ3n) is 4.43. The van der Waals surface area contributed by atoms with Crippen molar-refractivity contribution in [2.24, 2.45) is 5.41 Å². The average molecular weight is 224 g/mol. The Morgan fingerprint density at radius 3 is 2.75 bits per heavy atom. The molecule has 2 unspecified atom stereocenters. The second kappa shape index (κ2) is 4.74. The van der Waals surface area contributed by atoms with Crippen LogP contribution < -0.4 is 10.6 Å². The fraction of sp³-hybridized carbons (Fsp3) is 0.923. The van der Waals surface area contributed by atoms with Crippen LogP contribution in [0.15, 0.2) is 0 Å². The largest absolute Gasteiger partial charge is 0.353 e. The molecule has 0 spiro atoms. The first-order valence-corrected chi connectivity index (χ1v) is 6.70. The zero-order valence-electron chi connectivity index (χ0n) is 10.5. The molecule has 0 bridgehead atoms. The highest BCUT2D eigenvalue weighted by molar-refractivity contribution is 5.83. The first-order chi connectivity index (χ1) is 7.66. The Bertz CT molecular complexity index is 255. The minimum Gasteiger partial charge on any atom is -0.353 e. The summed E-state index contributed by atoms with van der Waals surface area (Å²) in [4.78, 5) is 12.2. The van der Waals surface area contributed by atoms with Crippen molar-refractivity contribution in [2.45, 2.75) is 64.5 Å². The number of carbonyl (C=O) groups excluding carboxylic acids is 1. The summed E-state index contributed by atoms with van der Waals surface area (Å²) >= 11 is 0. The highest BCUT2D eigenvalue weighted by atomic mass is 16.2. The molecule has 1 aliphatic carbocycles. The summed E-state index contributed by atoms with van der Waals surface area (Å²) in [6.07, 6.45) is 6.57. The van der Waals surface area contributed by atoms with Crippen molar-refractivity contribution in [1.29, 1.82) is 0 Å². The summed E-state index contributed by atoms with van der Waals surface area (Å²) in [6, 6.07) is 0.936. The summed E-state index contributed by atoms with van der Waals surface area (Å²) in [5.74, 6) is 0.320. The van der Waals surface area contributed by atoms with Gasteiger partial charge in [-0.15, -0.1) is 0 Å². The third kappa shape index (κ3) is 2.24. The van der Waals surface area contributed by atoms with Crippen molar-refractivity contribution in [2.75, 3.05) is 6.54 Å². The SMILES string of the molecule is CCC1(C(=O)NC2CCNC(C)C2)CCC1. The molecule has 2 aliphatic rings. The van der Waals surface area contributed by atoms with Gasteiger partial charge in [0.2, 0.25) is 5.91 Å². The lowest BCUT2D eigenvalue weighted by Crippen LogP contribution is -2.52. The Balaban J connectivity index is 1.86. The monoisotopic (exact) mass is 224 g/mol. The van der Waals surface area contributed by atoms with Crippen LogP contribution in [-0.2, 0) is 4.79 Å². The molecule has 0 radical (unpaired) electrons. The first kappa shape index (κ1) is 11.9. The van der Waals surface area contributed by atoms with Crippen molar-refractivity contribution < 1.29 is 4.79 Å². The molecule has 2 fully saturated rings. The number of carbonyl (C=O) groups is 1. The van der Waals surface area contributed by atoms with Gasteiger partial charge in [-0.25, -0.2) is 0 Å². The maximum absolute atomic E-state index is 12.2. The number of rotatable bonds is 3. The fourth-order valence-electron chi connectivity index (χ4n) is 2.95. The molecule has 0 aromatic carbocycles. The predicted molar refractivity (Wildman–Crippen MR) is 65.2 cm³/mol. The highest BCUT2D eigenvalue weighted by Crippen LogP contribution is 2.44. The van der Waals surface area contributed by atoms with Gasteiger partial charge < -0.3 is 10.6 Å². The van der Waals surface area contributed by atoms with E-state index >= 15 is 0 Å². The summed E-state index contributed by atoms with van der Waals surface area (Å²) < 4.78 is 0. The number of hydrogen-bond acceptors (Lipinski definition) is 2. The Morgan fingerprint density at radius 1 is 1.50 bits per heavy atom. The Labute approximate surface area is 98.4 Å². The van der Waals surface area contributed by atoms with Crippen LogP contribution >= 0.6 is 0 Å². The van der Waals surface area contributed by atoms with Gasteiger partial charge in [0.1, 0.15) is 0 Å². The van der Waals surface area contributed by atoms with Gasteiger partial charge in [-0.05, 0) is 45.6 Å². The standard InChI is InChI=1S/C13H24N2O/c1-3-13(6-4-7-13)12(16)15-11-5-8-14-10(2)9-11/h10-11,14H,3-9H2,1-2H3,(H,15,16). The van der Waals surface area contributed by atoms with Crippen LogP contribution in [-0.4, -0.2) is 24.5 Å². The number of hydrogen-bond donors (Lipinski definition) is 2. The lowest BCUT2D eigenvalue weighted by atomic mass is 9.66. The number of amides is 1. The Hall–Kier alpha value is -0.570. The smallest absolute Gasteiger partial charge is 0.226 e. The molecular weight excluding hydrogens is 200 g/mol. The minimum atomic E-state index is -0.00584. The topological polar surface area (TPSA) is 41.1 Å². The molecule has 3 heteroatoms. The van der Waals surface area contributed by atoms with Gasteiger partial charge in [0, 0.05) is 17.5 Å². The predicted octanol–water partition coefficient (Wildman–Crippen LogP) is 1.82. The molecule has 1 saturated carbocycles. The number of piperidine rings is 1. The van der Waals surface area contributed by atoms with E-state index in [0.29, 0.717) is 18.0 Å². The van der Waals surface area contributed by atoms with E-state index in [-0.39, 0.29) is 5.41 Å². The third-order valence-corrected chi connectivity index (χ3v) is 4.43. The Morgan fingerprint density at radius 2 is 2.25 bits per heavy atom. The van der Waals surface area contributed by atoms with Crippen molar-refractivity contribution >= 4 is 5.91 Å². The molecule has 1 saturated heterocycles. The normalized spacial score (nSPS) is 32.9. The second-order valence-electron chi connectivity index (χ2n) is 5.54. The lowest BCUT2D eigenvalue weighted by Gasteiger charge is -2.41. The van der Waals surface area contributed by atoms with Gasteiger partial charge in [0.05, 0.1) is 0 Å². The van der Waals surface area contributed by atoms with E-state index in [1.807, 2.05) is 0 Å². The van der Waals surface area contributed by atoms with Crippen LogP contribution in [0.1, 0.15) is 52.4 Å². The molecule has 2 rings (SSSR count). The summed E-state index contributed by atoms with van der Waals surface area (Å²) in [5.41, 5.74) is -0.00584. The molecule has 1 amide bonds. The van der Waals surface area contributed by atoms with E-state index in [0.717, 1.165) is 38.6 Å². The van der Waals surface area contributed by atoms with Crippen LogP contribution in [0, 0.1) is 5.41 Å². The molecule has 2 N–H and O–H groups in total. The zero-order chi connectivity index (χ0) is 11.6. The molecule has 0 aromatic heterocycles. The van der Waals surface area contributed by atoms with Crippen LogP contribution in [0.2, 0.25) is 0 Å². The fourth-order valence-corrected chi connectivity index (χ4v) is 2.95. The molecular formula is C13H24N2O. The maximum atomic E-state index is 12.2. The van der Waals surface area contributed by atoms with E-state index in [1.165, 1.54) is 6.42 Å². The highest BCUT2D eigenvalue weighted by Gasteiger charge is 2.42. The number of nitrogens with one attached hydrogen (secondary N) is 2. The summed E-state index contributed by atoms with van der Waals surface area (Å²) in [5, 5.41) is 6.68. The van der Waals surface area contributed by atoms with Crippen molar-refractivity contribution in [1.82, 2.24) is 10.6 Å². The van der Waals surface area contributed by atoms with Gasteiger partial charge in [-0.1, -0.05) is 13.3 Å². The molecule has 92 valence electrons.